The van der Waals surface area contributed by atoms with Gasteiger partial charge in [0.15, 0.2) is 0 Å². The van der Waals surface area contributed by atoms with Crippen LogP contribution in [0.4, 0.5) is 10.5 Å². The zero-order valence-corrected chi connectivity index (χ0v) is 14.7. The van der Waals surface area contributed by atoms with Gasteiger partial charge in [0.1, 0.15) is 0 Å². The normalized spacial score (nSPS) is 17.6. The molecule has 0 aromatic heterocycles. The molecular weight excluding hydrogens is 351 g/mol. The third-order valence-electron chi connectivity index (χ3n) is 4.18. The predicted octanol–water partition coefficient (Wildman–Crippen LogP) is 2.10. The molecular formula is C16H20Cl2N4O2. The number of nitrogens with zero attached hydrogens (tertiary/aromatic N) is 2. The molecule has 1 saturated carbocycles. The van der Waals surface area contributed by atoms with Crippen molar-refractivity contribution in [2.45, 2.75) is 18.9 Å². The van der Waals surface area contributed by atoms with E-state index in [0.717, 1.165) is 18.5 Å². The van der Waals surface area contributed by atoms with Crippen LogP contribution < -0.4 is 15.5 Å². The van der Waals surface area contributed by atoms with Crippen LogP contribution in [0, 0.1) is 0 Å². The van der Waals surface area contributed by atoms with E-state index in [2.05, 4.69) is 15.5 Å². The Morgan fingerprint density at radius 2 is 1.79 bits per heavy atom. The summed E-state index contributed by atoms with van der Waals surface area (Å²) in [6.07, 6.45) is 2.08. The van der Waals surface area contributed by atoms with Gasteiger partial charge in [-0.25, -0.2) is 4.79 Å². The highest BCUT2D eigenvalue weighted by Gasteiger charge is 2.25. The highest BCUT2D eigenvalue weighted by molar-refractivity contribution is 6.42. The number of carbonyl (C=O) groups is 2. The average Bonchev–Trinajstić information content (AvgIpc) is 3.39. The van der Waals surface area contributed by atoms with Gasteiger partial charge in [-0.15, -0.1) is 0 Å². The molecule has 1 aromatic rings. The number of benzene rings is 1. The fourth-order valence-corrected chi connectivity index (χ4v) is 2.92. The number of anilines is 1. The molecule has 2 fully saturated rings. The number of piperazine rings is 1. The number of carbonyl (C=O) groups excluding carboxylic acids is 2. The van der Waals surface area contributed by atoms with E-state index in [1.54, 1.807) is 11.0 Å². The molecule has 1 saturated heterocycles. The van der Waals surface area contributed by atoms with Crippen LogP contribution in [0.3, 0.4) is 0 Å². The number of rotatable bonds is 4. The third kappa shape index (κ3) is 4.45. The quantitative estimate of drug-likeness (QED) is 0.852. The van der Waals surface area contributed by atoms with Gasteiger partial charge >= 0.3 is 6.03 Å². The maximum absolute atomic E-state index is 12.1. The van der Waals surface area contributed by atoms with Crippen LogP contribution in [0.2, 0.25) is 10.0 Å². The second-order valence-corrected chi connectivity index (χ2v) is 6.89. The number of hydrogen-bond donors (Lipinski definition) is 2. The van der Waals surface area contributed by atoms with Crippen LogP contribution >= 0.6 is 23.2 Å². The Balaban J connectivity index is 1.44. The lowest BCUT2D eigenvalue weighted by Crippen LogP contribution is -2.53. The maximum Gasteiger partial charge on any atom is 0.317 e. The van der Waals surface area contributed by atoms with Crippen molar-refractivity contribution in [2.24, 2.45) is 0 Å². The lowest BCUT2D eigenvalue weighted by atomic mass is 10.2. The van der Waals surface area contributed by atoms with Crippen molar-refractivity contribution in [1.29, 1.82) is 0 Å². The van der Waals surface area contributed by atoms with Gasteiger partial charge in [0.25, 0.3) is 0 Å². The van der Waals surface area contributed by atoms with E-state index >= 15 is 0 Å². The van der Waals surface area contributed by atoms with Gasteiger partial charge < -0.3 is 20.4 Å². The smallest absolute Gasteiger partial charge is 0.317 e. The van der Waals surface area contributed by atoms with Gasteiger partial charge in [-0.1, -0.05) is 23.2 Å². The first-order chi connectivity index (χ1) is 11.5. The lowest BCUT2D eigenvalue weighted by Gasteiger charge is -2.36. The Bertz CT molecular complexity index is 629. The van der Waals surface area contributed by atoms with Crippen molar-refractivity contribution in [1.82, 2.24) is 15.5 Å². The summed E-state index contributed by atoms with van der Waals surface area (Å²) in [4.78, 5) is 27.6. The van der Waals surface area contributed by atoms with E-state index < -0.39 is 0 Å². The summed E-state index contributed by atoms with van der Waals surface area (Å²) in [6.45, 7) is 2.63. The minimum Gasteiger partial charge on any atom is -0.368 e. The number of urea groups is 1. The summed E-state index contributed by atoms with van der Waals surface area (Å²) in [7, 11) is 0. The number of amides is 3. The van der Waals surface area contributed by atoms with E-state index in [9.17, 15) is 9.59 Å². The highest BCUT2D eigenvalue weighted by atomic mass is 35.5. The molecule has 2 aliphatic rings. The molecule has 0 spiro atoms. The van der Waals surface area contributed by atoms with Crippen molar-refractivity contribution >= 4 is 40.8 Å². The summed E-state index contributed by atoms with van der Waals surface area (Å²) < 4.78 is 0. The fraction of sp³-hybridized carbons (Fsp3) is 0.500. The van der Waals surface area contributed by atoms with Crippen LogP contribution in [0.5, 0.6) is 0 Å². The van der Waals surface area contributed by atoms with Crippen LogP contribution in [0.1, 0.15) is 12.8 Å². The summed E-state index contributed by atoms with van der Waals surface area (Å²) in [6, 6.07) is 5.64. The van der Waals surface area contributed by atoms with Crippen LogP contribution in [-0.4, -0.2) is 55.6 Å². The second kappa shape index (κ2) is 7.49. The molecule has 1 aliphatic heterocycles. The number of halogens is 2. The molecule has 0 atom stereocenters. The van der Waals surface area contributed by atoms with Gasteiger partial charge in [-0.3, -0.25) is 4.79 Å². The van der Waals surface area contributed by atoms with Crippen molar-refractivity contribution in [3.05, 3.63) is 28.2 Å². The minimum atomic E-state index is -0.199. The Kier molecular flexibility index (Phi) is 5.36. The van der Waals surface area contributed by atoms with Crippen LogP contribution in [0.25, 0.3) is 0 Å². The molecule has 0 bridgehead atoms. The predicted molar refractivity (Wildman–Crippen MR) is 94.8 cm³/mol. The standard InChI is InChI=1S/C16H20Cl2N4O2/c17-13-4-3-12(9-14(13)18)21-5-7-22(8-6-21)16(24)19-10-15(23)20-11-1-2-11/h3-4,9,11H,1-2,5-8,10H2,(H,19,24)(H,20,23). The molecule has 6 nitrogen and oxygen atoms in total. The summed E-state index contributed by atoms with van der Waals surface area (Å²) in [5.41, 5.74) is 0.994. The van der Waals surface area contributed by atoms with E-state index in [0.29, 0.717) is 42.3 Å². The fourth-order valence-electron chi connectivity index (χ4n) is 2.62. The average molecular weight is 371 g/mol. The number of nitrogens with one attached hydrogen (secondary N) is 2. The Morgan fingerprint density at radius 3 is 2.42 bits per heavy atom. The first kappa shape index (κ1) is 17.2. The topological polar surface area (TPSA) is 64.7 Å². The van der Waals surface area contributed by atoms with Crippen molar-refractivity contribution in [2.75, 3.05) is 37.6 Å². The minimum absolute atomic E-state index is 0.0301. The Hall–Kier alpha value is -1.66. The molecule has 130 valence electrons. The van der Waals surface area contributed by atoms with E-state index in [-0.39, 0.29) is 18.5 Å². The molecule has 3 amide bonds. The van der Waals surface area contributed by atoms with Crippen molar-refractivity contribution in [3.63, 3.8) is 0 Å². The molecule has 2 N–H and O–H groups in total. The van der Waals surface area contributed by atoms with Crippen LogP contribution in [-0.2, 0) is 4.79 Å². The first-order valence-corrected chi connectivity index (χ1v) is 8.80. The molecule has 0 unspecified atom stereocenters. The van der Waals surface area contributed by atoms with Crippen molar-refractivity contribution < 1.29 is 9.59 Å². The largest absolute Gasteiger partial charge is 0.368 e. The maximum atomic E-state index is 12.1. The third-order valence-corrected chi connectivity index (χ3v) is 4.92. The monoisotopic (exact) mass is 370 g/mol. The number of hydrogen-bond acceptors (Lipinski definition) is 3. The lowest BCUT2D eigenvalue weighted by molar-refractivity contribution is -0.120. The highest BCUT2D eigenvalue weighted by Crippen LogP contribution is 2.27. The summed E-state index contributed by atoms with van der Waals surface area (Å²) in [5, 5.41) is 6.58. The van der Waals surface area contributed by atoms with Gasteiger partial charge in [-0.05, 0) is 31.0 Å². The molecule has 24 heavy (non-hydrogen) atoms. The Morgan fingerprint density at radius 1 is 1.08 bits per heavy atom. The van der Waals surface area contributed by atoms with Crippen molar-refractivity contribution in [3.8, 4) is 0 Å². The zero-order valence-electron chi connectivity index (χ0n) is 13.2. The molecule has 3 rings (SSSR count). The van der Waals surface area contributed by atoms with E-state index in [1.165, 1.54) is 0 Å². The van der Waals surface area contributed by atoms with Crippen LogP contribution in [0.15, 0.2) is 18.2 Å². The SMILES string of the molecule is O=C(CNC(=O)N1CCN(c2ccc(Cl)c(Cl)c2)CC1)NC1CC1. The molecule has 8 heteroatoms. The van der Waals surface area contributed by atoms with E-state index in [4.69, 9.17) is 23.2 Å². The molecule has 1 heterocycles. The second-order valence-electron chi connectivity index (χ2n) is 6.07. The molecule has 1 aliphatic carbocycles. The summed E-state index contributed by atoms with van der Waals surface area (Å²) >= 11 is 12.0. The van der Waals surface area contributed by atoms with Gasteiger partial charge in [0, 0.05) is 37.9 Å². The zero-order chi connectivity index (χ0) is 17.1. The van der Waals surface area contributed by atoms with Gasteiger partial charge in [-0.2, -0.15) is 0 Å². The van der Waals surface area contributed by atoms with Gasteiger partial charge in [0.2, 0.25) is 5.91 Å². The molecule has 0 radical (unpaired) electrons. The Labute approximate surface area is 151 Å². The van der Waals surface area contributed by atoms with E-state index in [1.807, 2.05) is 12.1 Å². The first-order valence-electron chi connectivity index (χ1n) is 8.05. The van der Waals surface area contributed by atoms with Gasteiger partial charge in [0.05, 0.1) is 16.6 Å². The molecule has 1 aromatic carbocycles. The summed E-state index contributed by atoms with van der Waals surface area (Å²) in [5.74, 6) is -0.125.